The molecule has 1 aliphatic rings. The Morgan fingerprint density at radius 3 is 2.81 bits per heavy atom. The van der Waals surface area contributed by atoms with Gasteiger partial charge in [-0.2, -0.15) is 0 Å². The molecule has 2 aromatic rings. The monoisotopic (exact) mass is 286 g/mol. The second kappa shape index (κ2) is 5.83. The summed E-state index contributed by atoms with van der Waals surface area (Å²) in [6.07, 6.45) is -0.332. The molecule has 1 saturated heterocycles. The van der Waals surface area contributed by atoms with Crippen molar-refractivity contribution in [3.8, 4) is 0 Å². The smallest absolute Gasteiger partial charge is 0.414 e. The maximum Gasteiger partial charge on any atom is 0.414 e. The summed E-state index contributed by atoms with van der Waals surface area (Å²) in [4.78, 5) is 13.1. The van der Waals surface area contributed by atoms with Crippen LogP contribution >= 0.6 is 0 Å². The molecular weight excluding hydrogens is 271 g/mol. The first-order valence-corrected chi connectivity index (χ1v) is 6.76. The van der Waals surface area contributed by atoms with Crippen LogP contribution in [0.4, 0.5) is 20.6 Å². The van der Waals surface area contributed by atoms with Crippen LogP contribution in [0.3, 0.4) is 0 Å². The lowest BCUT2D eigenvalue weighted by Crippen LogP contribution is -2.23. The van der Waals surface area contributed by atoms with Gasteiger partial charge in [0.05, 0.1) is 6.54 Å². The van der Waals surface area contributed by atoms with Crippen LogP contribution in [0.1, 0.15) is 5.56 Å². The molecule has 1 fully saturated rings. The number of nitrogens with zero attached hydrogens (tertiary/aromatic N) is 1. The Morgan fingerprint density at radius 1 is 1.19 bits per heavy atom. The number of anilines is 2. The lowest BCUT2D eigenvalue weighted by atomic mass is 10.2. The average Bonchev–Trinajstić information content (AvgIpc) is 2.93. The fraction of sp³-hybridized carbons (Fsp3) is 0.188. The number of carbonyl (C=O) groups is 1. The SMILES string of the molecule is O=C1OCCN1c1cccc(NCc2ccccc2F)c1. The third kappa shape index (κ3) is 2.97. The number of nitrogens with one attached hydrogen (secondary N) is 1. The van der Waals surface area contributed by atoms with Gasteiger partial charge in [0.15, 0.2) is 0 Å². The van der Waals surface area contributed by atoms with E-state index in [4.69, 9.17) is 4.74 Å². The second-order valence-electron chi connectivity index (χ2n) is 4.76. The molecule has 0 spiro atoms. The normalized spacial score (nSPS) is 14.1. The number of halogens is 1. The minimum absolute atomic E-state index is 0.232. The summed E-state index contributed by atoms with van der Waals surface area (Å²) in [5, 5.41) is 3.16. The van der Waals surface area contributed by atoms with Crippen LogP contribution in [-0.4, -0.2) is 19.2 Å². The van der Waals surface area contributed by atoms with Crippen LogP contribution in [0.5, 0.6) is 0 Å². The zero-order chi connectivity index (χ0) is 14.7. The molecule has 4 nitrogen and oxygen atoms in total. The number of cyclic esters (lactones) is 1. The molecule has 0 aromatic heterocycles. The maximum atomic E-state index is 13.6. The van der Waals surface area contributed by atoms with Crippen molar-refractivity contribution < 1.29 is 13.9 Å². The average molecular weight is 286 g/mol. The Balaban J connectivity index is 1.72. The number of carbonyl (C=O) groups excluding carboxylic acids is 1. The van der Waals surface area contributed by atoms with Crippen molar-refractivity contribution in [3.63, 3.8) is 0 Å². The van der Waals surface area contributed by atoms with Crippen LogP contribution in [0.15, 0.2) is 48.5 Å². The van der Waals surface area contributed by atoms with Gasteiger partial charge in [-0.3, -0.25) is 4.90 Å². The van der Waals surface area contributed by atoms with E-state index in [2.05, 4.69) is 5.32 Å². The van der Waals surface area contributed by atoms with Gasteiger partial charge in [-0.05, 0) is 24.3 Å². The largest absolute Gasteiger partial charge is 0.447 e. The number of hydrogen-bond donors (Lipinski definition) is 1. The number of amides is 1. The fourth-order valence-corrected chi connectivity index (χ4v) is 2.25. The summed E-state index contributed by atoms with van der Waals surface area (Å²) >= 11 is 0. The number of hydrogen-bond acceptors (Lipinski definition) is 3. The zero-order valence-electron chi connectivity index (χ0n) is 11.4. The van der Waals surface area contributed by atoms with Crippen molar-refractivity contribution in [2.45, 2.75) is 6.54 Å². The third-order valence-corrected chi connectivity index (χ3v) is 3.36. The highest BCUT2D eigenvalue weighted by molar-refractivity contribution is 5.89. The highest BCUT2D eigenvalue weighted by atomic mass is 19.1. The van der Waals surface area contributed by atoms with Gasteiger partial charge in [-0.1, -0.05) is 24.3 Å². The van der Waals surface area contributed by atoms with Crippen LogP contribution in [0, 0.1) is 5.82 Å². The van der Waals surface area contributed by atoms with E-state index in [9.17, 15) is 9.18 Å². The molecule has 1 aliphatic heterocycles. The van der Waals surface area contributed by atoms with Crippen molar-refractivity contribution in [1.29, 1.82) is 0 Å². The molecule has 0 bridgehead atoms. The molecular formula is C16H15FN2O2. The first-order chi connectivity index (χ1) is 10.2. The molecule has 1 amide bonds. The summed E-state index contributed by atoms with van der Waals surface area (Å²) in [6.45, 7) is 1.35. The van der Waals surface area contributed by atoms with E-state index in [1.165, 1.54) is 6.07 Å². The summed E-state index contributed by atoms with van der Waals surface area (Å²) < 4.78 is 18.5. The van der Waals surface area contributed by atoms with Gasteiger partial charge in [-0.25, -0.2) is 9.18 Å². The van der Waals surface area contributed by atoms with Gasteiger partial charge in [0, 0.05) is 23.5 Å². The summed E-state index contributed by atoms with van der Waals surface area (Å²) in [5.41, 5.74) is 2.20. The molecule has 1 heterocycles. The first-order valence-electron chi connectivity index (χ1n) is 6.76. The number of benzene rings is 2. The minimum atomic E-state index is -0.332. The lowest BCUT2D eigenvalue weighted by Gasteiger charge is -2.14. The molecule has 0 unspecified atom stereocenters. The first kappa shape index (κ1) is 13.4. The molecule has 0 radical (unpaired) electrons. The van der Waals surface area contributed by atoms with E-state index < -0.39 is 0 Å². The Kier molecular flexibility index (Phi) is 3.73. The predicted molar refractivity (Wildman–Crippen MR) is 78.9 cm³/mol. The fourth-order valence-electron chi connectivity index (χ4n) is 2.25. The van der Waals surface area contributed by atoms with E-state index in [1.807, 2.05) is 24.3 Å². The van der Waals surface area contributed by atoms with Gasteiger partial charge in [-0.15, -0.1) is 0 Å². The Bertz CT molecular complexity index is 660. The molecule has 5 heteroatoms. The zero-order valence-corrected chi connectivity index (χ0v) is 11.4. The van der Waals surface area contributed by atoms with E-state index in [0.717, 1.165) is 11.4 Å². The van der Waals surface area contributed by atoms with Crippen molar-refractivity contribution in [2.75, 3.05) is 23.4 Å². The van der Waals surface area contributed by atoms with Gasteiger partial charge >= 0.3 is 6.09 Å². The van der Waals surface area contributed by atoms with E-state index in [0.29, 0.717) is 25.3 Å². The highest BCUT2D eigenvalue weighted by Gasteiger charge is 2.23. The van der Waals surface area contributed by atoms with Crippen molar-refractivity contribution >= 4 is 17.5 Å². The molecule has 3 rings (SSSR count). The van der Waals surface area contributed by atoms with Crippen LogP contribution in [0.25, 0.3) is 0 Å². The predicted octanol–water partition coefficient (Wildman–Crippen LogP) is 3.39. The molecule has 0 aliphatic carbocycles. The van der Waals surface area contributed by atoms with Crippen molar-refractivity contribution in [1.82, 2.24) is 0 Å². The molecule has 1 N–H and O–H groups in total. The molecule has 2 aromatic carbocycles. The minimum Gasteiger partial charge on any atom is -0.447 e. The third-order valence-electron chi connectivity index (χ3n) is 3.36. The standard InChI is InChI=1S/C16H15FN2O2/c17-15-7-2-1-4-12(15)11-18-13-5-3-6-14(10-13)19-8-9-21-16(19)20/h1-7,10,18H,8-9,11H2. The Morgan fingerprint density at radius 2 is 2.05 bits per heavy atom. The second-order valence-corrected chi connectivity index (χ2v) is 4.76. The van der Waals surface area contributed by atoms with Gasteiger partial charge < -0.3 is 10.1 Å². The van der Waals surface area contributed by atoms with Crippen molar-refractivity contribution in [2.24, 2.45) is 0 Å². The molecule has 0 atom stereocenters. The van der Waals surface area contributed by atoms with Crippen LogP contribution in [-0.2, 0) is 11.3 Å². The number of rotatable bonds is 4. The summed E-state index contributed by atoms with van der Waals surface area (Å²) in [5.74, 6) is -0.232. The molecule has 108 valence electrons. The Labute approximate surface area is 122 Å². The van der Waals surface area contributed by atoms with E-state index >= 15 is 0 Å². The maximum absolute atomic E-state index is 13.6. The lowest BCUT2D eigenvalue weighted by molar-refractivity contribution is 0.181. The Hall–Kier alpha value is -2.56. The topological polar surface area (TPSA) is 41.6 Å². The van der Waals surface area contributed by atoms with Gasteiger partial charge in [0.1, 0.15) is 12.4 Å². The molecule has 0 saturated carbocycles. The summed E-state index contributed by atoms with van der Waals surface area (Å²) in [7, 11) is 0. The molecule has 21 heavy (non-hydrogen) atoms. The van der Waals surface area contributed by atoms with Gasteiger partial charge in [0.25, 0.3) is 0 Å². The quantitative estimate of drug-likeness (QED) is 0.936. The van der Waals surface area contributed by atoms with Crippen molar-refractivity contribution in [3.05, 3.63) is 59.9 Å². The van der Waals surface area contributed by atoms with E-state index in [-0.39, 0.29) is 11.9 Å². The highest BCUT2D eigenvalue weighted by Crippen LogP contribution is 2.23. The van der Waals surface area contributed by atoms with E-state index in [1.54, 1.807) is 23.1 Å². The van der Waals surface area contributed by atoms with Crippen LogP contribution < -0.4 is 10.2 Å². The van der Waals surface area contributed by atoms with Crippen LogP contribution in [0.2, 0.25) is 0 Å². The number of ether oxygens (including phenoxy) is 1. The van der Waals surface area contributed by atoms with Gasteiger partial charge in [0.2, 0.25) is 0 Å². The summed E-state index contributed by atoms with van der Waals surface area (Å²) in [6, 6.07) is 14.1.